The summed E-state index contributed by atoms with van der Waals surface area (Å²) in [6, 6.07) is 0.268. The Morgan fingerprint density at radius 1 is 1.24 bits per heavy atom. The van der Waals surface area contributed by atoms with Gasteiger partial charge in [-0.25, -0.2) is 0 Å². The first-order valence-corrected chi connectivity index (χ1v) is 10.8. The molecule has 2 aliphatic rings. The number of guanidine groups is 1. The number of aromatic nitrogens is 1. The van der Waals surface area contributed by atoms with Crippen LogP contribution in [-0.4, -0.2) is 54.1 Å². The monoisotopic (exact) mass is 517 g/mol. The van der Waals surface area contributed by atoms with E-state index in [1.165, 1.54) is 19.3 Å². The van der Waals surface area contributed by atoms with Gasteiger partial charge in [0.25, 0.3) is 0 Å². The zero-order valence-electron chi connectivity index (χ0n) is 18.0. The summed E-state index contributed by atoms with van der Waals surface area (Å²) in [5, 5.41) is 10.8. The average molecular weight is 517 g/mol. The van der Waals surface area contributed by atoms with Crippen LogP contribution in [0.2, 0.25) is 0 Å². The number of likely N-dealkylation sites (tertiary alicyclic amines) is 1. The number of nitrogens with one attached hydrogen (secondary N) is 2. The summed E-state index contributed by atoms with van der Waals surface area (Å²) < 4.78 is 5.22. The van der Waals surface area contributed by atoms with Crippen LogP contribution in [0.3, 0.4) is 0 Å². The fourth-order valence-corrected chi connectivity index (χ4v) is 4.34. The molecule has 29 heavy (non-hydrogen) atoms. The van der Waals surface area contributed by atoms with Crippen LogP contribution in [0.25, 0.3) is 0 Å². The first-order valence-electron chi connectivity index (χ1n) is 10.8. The van der Waals surface area contributed by atoms with Crippen molar-refractivity contribution in [3.05, 3.63) is 17.0 Å². The quantitative estimate of drug-likeness (QED) is 0.344. The molecule has 0 aromatic carbocycles. The van der Waals surface area contributed by atoms with Gasteiger partial charge in [0.05, 0.1) is 5.69 Å². The molecule has 1 amide bonds. The van der Waals surface area contributed by atoms with Crippen LogP contribution in [0, 0.1) is 19.8 Å². The molecule has 3 rings (SSSR count). The third-order valence-electron chi connectivity index (χ3n) is 5.95. The van der Waals surface area contributed by atoms with Gasteiger partial charge in [0.2, 0.25) is 5.91 Å². The van der Waals surface area contributed by atoms with E-state index in [-0.39, 0.29) is 35.9 Å². The van der Waals surface area contributed by atoms with Crippen molar-refractivity contribution in [1.29, 1.82) is 0 Å². The lowest BCUT2D eigenvalue weighted by molar-refractivity contribution is -0.135. The molecule has 2 fully saturated rings. The van der Waals surface area contributed by atoms with Gasteiger partial charge < -0.3 is 20.1 Å². The Morgan fingerprint density at radius 2 is 2.00 bits per heavy atom. The van der Waals surface area contributed by atoms with Gasteiger partial charge in [0, 0.05) is 43.7 Å². The molecule has 1 unspecified atom stereocenters. The molecule has 2 heterocycles. The fourth-order valence-electron chi connectivity index (χ4n) is 4.34. The second kappa shape index (κ2) is 11.8. The number of aryl methyl sites for hydroxylation is 2. The number of rotatable bonds is 6. The molecule has 1 aliphatic heterocycles. The number of halogens is 1. The lowest BCUT2D eigenvalue weighted by Gasteiger charge is -2.26. The van der Waals surface area contributed by atoms with Crippen LogP contribution in [0.4, 0.5) is 0 Å². The zero-order chi connectivity index (χ0) is 19.9. The van der Waals surface area contributed by atoms with Crippen LogP contribution in [0.15, 0.2) is 9.52 Å². The van der Waals surface area contributed by atoms with Crippen molar-refractivity contribution in [1.82, 2.24) is 20.7 Å². The summed E-state index contributed by atoms with van der Waals surface area (Å²) in [6.45, 7) is 9.10. The Balaban J connectivity index is 0.00000300. The van der Waals surface area contributed by atoms with Gasteiger partial charge >= 0.3 is 0 Å². The molecule has 1 saturated carbocycles. The predicted octanol–water partition coefficient (Wildman–Crippen LogP) is 3.19. The molecule has 7 nitrogen and oxygen atoms in total. The van der Waals surface area contributed by atoms with Crippen LogP contribution >= 0.6 is 24.0 Å². The van der Waals surface area contributed by atoms with Crippen LogP contribution in [0.5, 0.6) is 0 Å². The van der Waals surface area contributed by atoms with Gasteiger partial charge in [-0.15, -0.1) is 24.0 Å². The molecule has 8 heteroatoms. The molecule has 2 N–H and O–H groups in total. The van der Waals surface area contributed by atoms with E-state index in [2.05, 4.69) is 27.6 Å². The zero-order valence-corrected chi connectivity index (χ0v) is 20.3. The number of aliphatic imine (C=N–C) groups is 1. The molecule has 1 aromatic rings. The van der Waals surface area contributed by atoms with E-state index in [4.69, 9.17) is 9.52 Å². The van der Waals surface area contributed by atoms with E-state index >= 15 is 0 Å². The number of hydrogen-bond acceptors (Lipinski definition) is 4. The van der Waals surface area contributed by atoms with Gasteiger partial charge in [-0.1, -0.05) is 24.4 Å². The van der Waals surface area contributed by atoms with E-state index in [0.717, 1.165) is 68.3 Å². The van der Waals surface area contributed by atoms with Crippen molar-refractivity contribution in [3.8, 4) is 0 Å². The van der Waals surface area contributed by atoms with Gasteiger partial charge in [-0.05, 0) is 46.5 Å². The summed E-state index contributed by atoms with van der Waals surface area (Å²) in [6.07, 6.45) is 7.62. The minimum atomic E-state index is 0. The maximum absolute atomic E-state index is 12.8. The van der Waals surface area contributed by atoms with Crippen LogP contribution < -0.4 is 10.6 Å². The molecular formula is C21H36IN5O2. The van der Waals surface area contributed by atoms with Crippen molar-refractivity contribution in [2.75, 3.05) is 26.2 Å². The number of carbonyl (C=O) groups excluding carboxylic acids is 1. The molecule has 1 aliphatic carbocycles. The van der Waals surface area contributed by atoms with Crippen LogP contribution in [0.1, 0.15) is 62.5 Å². The van der Waals surface area contributed by atoms with Gasteiger partial charge in [-0.2, -0.15) is 0 Å². The molecule has 164 valence electrons. The van der Waals surface area contributed by atoms with Crippen LogP contribution in [-0.2, 0) is 11.2 Å². The van der Waals surface area contributed by atoms with E-state index < -0.39 is 0 Å². The first kappa shape index (κ1) is 24.0. The third kappa shape index (κ3) is 6.58. The number of amides is 1. The second-order valence-corrected chi connectivity index (χ2v) is 8.06. The van der Waals surface area contributed by atoms with Gasteiger partial charge in [-0.3, -0.25) is 9.79 Å². The van der Waals surface area contributed by atoms with Crippen molar-refractivity contribution in [2.24, 2.45) is 10.9 Å². The molecule has 0 radical (unpaired) electrons. The molecule has 1 aromatic heterocycles. The Kier molecular flexibility index (Phi) is 9.71. The first-order chi connectivity index (χ1) is 13.6. The third-order valence-corrected chi connectivity index (χ3v) is 5.95. The summed E-state index contributed by atoms with van der Waals surface area (Å²) >= 11 is 0. The summed E-state index contributed by atoms with van der Waals surface area (Å²) in [4.78, 5) is 19.5. The predicted molar refractivity (Wildman–Crippen MR) is 126 cm³/mol. The van der Waals surface area contributed by atoms with E-state index in [0.29, 0.717) is 12.5 Å². The Hall–Kier alpha value is -1.32. The molecule has 0 spiro atoms. The molecule has 0 bridgehead atoms. The summed E-state index contributed by atoms with van der Waals surface area (Å²) in [5.41, 5.74) is 2.09. The highest BCUT2D eigenvalue weighted by molar-refractivity contribution is 14.0. The van der Waals surface area contributed by atoms with E-state index in [1.807, 2.05) is 13.8 Å². The Labute approximate surface area is 191 Å². The van der Waals surface area contributed by atoms with Gasteiger partial charge in [0.15, 0.2) is 5.96 Å². The minimum Gasteiger partial charge on any atom is -0.361 e. The topological polar surface area (TPSA) is 82.8 Å². The highest BCUT2D eigenvalue weighted by atomic mass is 127. The highest BCUT2D eigenvalue weighted by Crippen LogP contribution is 2.26. The second-order valence-electron chi connectivity index (χ2n) is 8.06. The Morgan fingerprint density at radius 3 is 2.66 bits per heavy atom. The number of nitrogens with zero attached hydrogens (tertiary/aromatic N) is 3. The van der Waals surface area contributed by atoms with E-state index in [1.54, 1.807) is 0 Å². The maximum atomic E-state index is 12.8. The van der Waals surface area contributed by atoms with Crippen molar-refractivity contribution >= 4 is 35.8 Å². The molecule has 1 saturated heterocycles. The molecular weight excluding hydrogens is 481 g/mol. The SMILES string of the molecule is CCNC(=NCCc1c(C)noc1C)NC1CCN(C(=O)C2CCCCC2)C1.I. The largest absolute Gasteiger partial charge is 0.361 e. The lowest BCUT2D eigenvalue weighted by Crippen LogP contribution is -2.45. The Bertz CT molecular complexity index is 665. The van der Waals surface area contributed by atoms with Crippen molar-refractivity contribution in [3.63, 3.8) is 0 Å². The summed E-state index contributed by atoms with van der Waals surface area (Å²) in [5.74, 6) is 2.32. The standard InChI is InChI=1S/C21H35N5O2.HI/c1-4-22-21(23-12-10-19-15(2)25-28-16(19)3)24-18-11-13-26(14-18)20(27)17-8-6-5-7-9-17;/h17-18H,4-14H2,1-3H3,(H2,22,23,24);1H. The highest BCUT2D eigenvalue weighted by Gasteiger charge is 2.31. The maximum Gasteiger partial charge on any atom is 0.225 e. The van der Waals surface area contributed by atoms with Gasteiger partial charge in [0.1, 0.15) is 5.76 Å². The fraction of sp³-hybridized carbons (Fsp3) is 0.762. The number of hydrogen-bond donors (Lipinski definition) is 2. The minimum absolute atomic E-state index is 0. The van der Waals surface area contributed by atoms with Crippen molar-refractivity contribution < 1.29 is 9.32 Å². The normalized spacial score (nSPS) is 20.4. The summed E-state index contributed by atoms with van der Waals surface area (Å²) in [7, 11) is 0. The van der Waals surface area contributed by atoms with E-state index in [9.17, 15) is 4.79 Å². The lowest BCUT2D eigenvalue weighted by atomic mass is 9.88. The van der Waals surface area contributed by atoms with Crippen molar-refractivity contribution in [2.45, 2.75) is 71.8 Å². The molecule has 1 atom stereocenters. The number of carbonyl (C=O) groups is 1. The smallest absolute Gasteiger partial charge is 0.225 e. The average Bonchev–Trinajstić information content (AvgIpc) is 3.29.